The van der Waals surface area contributed by atoms with Crippen molar-refractivity contribution in [3.05, 3.63) is 59.2 Å². The van der Waals surface area contributed by atoms with E-state index in [2.05, 4.69) is 5.32 Å². The molecule has 0 spiro atoms. The SMILES string of the molecule is CC[C@H](C(=O)NC1CCCC1)N(Cc1cccc(OC)c1)C(=O)CN(c1cc(C)cc(C)c1)S(C)(=O)=O. The number of hydrogen-bond acceptors (Lipinski definition) is 5. The molecule has 1 atom stereocenters. The number of ether oxygens (including phenoxy) is 1. The van der Waals surface area contributed by atoms with Gasteiger partial charge in [-0.05, 0) is 74.1 Å². The Balaban J connectivity index is 1.95. The van der Waals surface area contributed by atoms with Gasteiger partial charge in [-0.1, -0.05) is 38.0 Å². The van der Waals surface area contributed by atoms with Gasteiger partial charge in [0.1, 0.15) is 18.3 Å². The Morgan fingerprint density at radius 2 is 1.73 bits per heavy atom. The lowest BCUT2D eigenvalue weighted by atomic mass is 10.1. The number of anilines is 1. The van der Waals surface area contributed by atoms with E-state index in [9.17, 15) is 18.0 Å². The average molecular weight is 530 g/mol. The molecule has 8 nitrogen and oxygen atoms in total. The summed E-state index contributed by atoms with van der Waals surface area (Å²) in [6.07, 6.45) is 5.51. The topological polar surface area (TPSA) is 96.0 Å². The summed E-state index contributed by atoms with van der Waals surface area (Å²) in [6, 6.07) is 12.1. The summed E-state index contributed by atoms with van der Waals surface area (Å²) in [5.74, 6) is -0.00914. The molecule has 0 saturated heterocycles. The van der Waals surface area contributed by atoms with Crippen LogP contribution in [0.25, 0.3) is 0 Å². The zero-order chi connectivity index (χ0) is 27.2. The molecule has 1 saturated carbocycles. The van der Waals surface area contributed by atoms with Crippen LogP contribution in [0.15, 0.2) is 42.5 Å². The molecule has 0 aliphatic heterocycles. The molecule has 2 aromatic rings. The minimum atomic E-state index is -3.77. The third kappa shape index (κ3) is 7.71. The van der Waals surface area contributed by atoms with E-state index in [1.54, 1.807) is 19.2 Å². The van der Waals surface area contributed by atoms with Crippen LogP contribution in [0.1, 0.15) is 55.7 Å². The fraction of sp³-hybridized carbons (Fsp3) is 0.500. The Morgan fingerprint density at radius 3 is 2.30 bits per heavy atom. The molecular weight excluding hydrogens is 490 g/mol. The molecule has 3 rings (SSSR count). The number of methoxy groups -OCH3 is 1. The van der Waals surface area contributed by atoms with Crippen molar-refractivity contribution >= 4 is 27.5 Å². The largest absolute Gasteiger partial charge is 0.497 e. The molecule has 2 amide bonds. The summed E-state index contributed by atoms with van der Waals surface area (Å²) in [6.45, 7) is 5.38. The van der Waals surface area contributed by atoms with Crippen LogP contribution in [0.3, 0.4) is 0 Å². The second-order valence-corrected chi connectivity index (χ2v) is 11.8. The van der Waals surface area contributed by atoms with E-state index in [1.165, 1.54) is 4.90 Å². The second kappa shape index (κ2) is 12.4. The zero-order valence-corrected chi connectivity index (χ0v) is 23.3. The van der Waals surface area contributed by atoms with Gasteiger partial charge in [0.05, 0.1) is 19.1 Å². The molecule has 0 unspecified atom stereocenters. The van der Waals surface area contributed by atoms with E-state index >= 15 is 0 Å². The number of carbonyl (C=O) groups excluding carboxylic acids is 2. The highest BCUT2D eigenvalue weighted by Gasteiger charge is 2.33. The van der Waals surface area contributed by atoms with Crippen molar-refractivity contribution in [3.8, 4) is 5.75 Å². The zero-order valence-electron chi connectivity index (χ0n) is 22.5. The van der Waals surface area contributed by atoms with Gasteiger partial charge in [-0.15, -0.1) is 0 Å². The van der Waals surface area contributed by atoms with Crippen LogP contribution in [-0.4, -0.2) is 57.1 Å². The van der Waals surface area contributed by atoms with Gasteiger partial charge >= 0.3 is 0 Å². The Hall–Kier alpha value is -3.07. The molecule has 0 radical (unpaired) electrons. The van der Waals surface area contributed by atoms with Gasteiger partial charge in [-0.2, -0.15) is 0 Å². The molecule has 1 aliphatic carbocycles. The first kappa shape index (κ1) is 28.5. The summed E-state index contributed by atoms with van der Waals surface area (Å²) in [4.78, 5) is 28.7. The Labute approximate surface area is 221 Å². The minimum absolute atomic E-state index is 0.109. The van der Waals surface area contributed by atoms with Gasteiger partial charge in [0.2, 0.25) is 21.8 Å². The summed E-state index contributed by atoms with van der Waals surface area (Å²) < 4.78 is 32.1. The summed E-state index contributed by atoms with van der Waals surface area (Å²) in [7, 11) is -2.20. The van der Waals surface area contributed by atoms with Crippen molar-refractivity contribution in [2.45, 2.75) is 71.5 Å². The second-order valence-electron chi connectivity index (χ2n) is 9.90. The van der Waals surface area contributed by atoms with E-state index in [0.717, 1.165) is 52.9 Å². The molecule has 2 aromatic carbocycles. The van der Waals surface area contributed by atoms with Gasteiger partial charge in [0.25, 0.3) is 0 Å². The van der Waals surface area contributed by atoms with E-state index in [0.29, 0.717) is 17.9 Å². The third-order valence-corrected chi connectivity index (χ3v) is 7.89. The van der Waals surface area contributed by atoms with Gasteiger partial charge in [0, 0.05) is 12.6 Å². The quantitative estimate of drug-likeness (QED) is 0.476. The van der Waals surface area contributed by atoms with Crippen molar-refractivity contribution in [3.63, 3.8) is 0 Å². The van der Waals surface area contributed by atoms with Crippen LogP contribution in [-0.2, 0) is 26.2 Å². The Morgan fingerprint density at radius 1 is 1.08 bits per heavy atom. The lowest BCUT2D eigenvalue weighted by Crippen LogP contribution is -2.53. The number of benzene rings is 2. The van der Waals surface area contributed by atoms with Gasteiger partial charge in [-0.3, -0.25) is 13.9 Å². The maximum Gasteiger partial charge on any atom is 0.244 e. The molecule has 1 N–H and O–H groups in total. The number of amides is 2. The smallest absolute Gasteiger partial charge is 0.244 e. The maximum absolute atomic E-state index is 13.9. The summed E-state index contributed by atoms with van der Waals surface area (Å²) in [5, 5.41) is 3.11. The van der Waals surface area contributed by atoms with Crippen molar-refractivity contribution in [2.24, 2.45) is 0 Å². The summed E-state index contributed by atoms with van der Waals surface area (Å²) in [5.41, 5.74) is 3.01. The number of nitrogens with one attached hydrogen (secondary N) is 1. The predicted octanol–water partition coefficient (Wildman–Crippen LogP) is 3.94. The molecule has 0 aromatic heterocycles. The van der Waals surface area contributed by atoms with E-state index in [1.807, 2.05) is 51.1 Å². The van der Waals surface area contributed by atoms with Gasteiger partial charge in [0.15, 0.2) is 0 Å². The first-order valence-corrected chi connectivity index (χ1v) is 14.7. The van der Waals surface area contributed by atoms with Crippen LogP contribution in [0, 0.1) is 13.8 Å². The molecule has 9 heteroatoms. The number of hydrogen-bond donors (Lipinski definition) is 1. The molecule has 1 aliphatic rings. The highest BCUT2D eigenvalue weighted by atomic mass is 32.2. The normalized spacial score (nSPS) is 14.7. The lowest BCUT2D eigenvalue weighted by molar-refractivity contribution is -0.140. The number of nitrogens with zero attached hydrogens (tertiary/aromatic N) is 2. The van der Waals surface area contributed by atoms with E-state index in [4.69, 9.17) is 4.74 Å². The van der Waals surface area contributed by atoms with Crippen molar-refractivity contribution in [2.75, 3.05) is 24.2 Å². The van der Waals surface area contributed by atoms with Crippen LogP contribution < -0.4 is 14.4 Å². The first-order valence-electron chi connectivity index (χ1n) is 12.8. The standard InChI is InChI=1S/C28H39N3O5S/c1-6-26(28(33)29-23-11-7-8-12-23)30(18-22-10-9-13-25(17-22)36-4)27(32)19-31(37(5,34)35)24-15-20(2)14-21(3)16-24/h9-10,13-17,23,26H,6-8,11-12,18-19H2,1-5H3,(H,29,33)/t26-/m1/s1. The molecule has 202 valence electrons. The third-order valence-electron chi connectivity index (χ3n) is 6.75. The van der Waals surface area contributed by atoms with Crippen molar-refractivity contribution in [1.82, 2.24) is 10.2 Å². The number of carbonyl (C=O) groups is 2. The van der Waals surface area contributed by atoms with Crippen molar-refractivity contribution in [1.29, 1.82) is 0 Å². The molecule has 37 heavy (non-hydrogen) atoms. The molecule has 0 heterocycles. The predicted molar refractivity (Wildman–Crippen MR) is 146 cm³/mol. The lowest BCUT2D eigenvalue weighted by Gasteiger charge is -2.33. The van der Waals surface area contributed by atoms with Crippen molar-refractivity contribution < 1.29 is 22.7 Å². The fourth-order valence-electron chi connectivity index (χ4n) is 4.96. The monoisotopic (exact) mass is 529 g/mol. The Bertz CT molecular complexity index is 1190. The minimum Gasteiger partial charge on any atom is -0.497 e. The average Bonchev–Trinajstić information content (AvgIpc) is 3.34. The molecule has 1 fully saturated rings. The fourth-order valence-corrected chi connectivity index (χ4v) is 5.80. The number of aryl methyl sites for hydroxylation is 2. The van der Waals surface area contributed by atoms with Crippen LogP contribution in [0.5, 0.6) is 5.75 Å². The Kier molecular flexibility index (Phi) is 9.59. The van der Waals surface area contributed by atoms with Crippen LogP contribution >= 0.6 is 0 Å². The number of sulfonamides is 1. The van der Waals surface area contributed by atoms with Gasteiger partial charge in [-0.25, -0.2) is 8.42 Å². The van der Waals surface area contributed by atoms with Crippen LogP contribution in [0.2, 0.25) is 0 Å². The number of rotatable bonds is 11. The molecule has 0 bridgehead atoms. The van der Waals surface area contributed by atoms with Crippen LogP contribution in [0.4, 0.5) is 5.69 Å². The molecular formula is C28H39N3O5S. The first-order chi connectivity index (χ1) is 17.5. The van der Waals surface area contributed by atoms with Gasteiger partial charge < -0.3 is 15.0 Å². The highest BCUT2D eigenvalue weighted by molar-refractivity contribution is 7.92. The van der Waals surface area contributed by atoms with E-state index < -0.39 is 28.5 Å². The highest BCUT2D eigenvalue weighted by Crippen LogP contribution is 2.24. The van der Waals surface area contributed by atoms with E-state index in [-0.39, 0.29) is 18.5 Å². The summed E-state index contributed by atoms with van der Waals surface area (Å²) >= 11 is 0. The maximum atomic E-state index is 13.9.